The third-order valence-electron chi connectivity index (χ3n) is 1.22. The van der Waals surface area contributed by atoms with E-state index >= 15 is 0 Å². The second-order valence-electron chi connectivity index (χ2n) is 2.15. The maximum absolute atomic E-state index is 2.12. The third-order valence-corrected chi connectivity index (χ3v) is 1.22. The Morgan fingerprint density at radius 1 is 0.700 bits per heavy atom. The van der Waals surface area contributed by atoms with E-state index in [0.717, 1.165) is 0 Å². The molecule has 2 nitrogen and oxygen atoms in total. The molecule has 0 atom stereocenters. The molecule has 0 amide bonds. The zero-order valence-electron chi connectivity index (χ0n) is 6.72. The Bertz CT molecular complexity index is 146. The molecule has 58 valence electrons. The molecule has 0 spiro atoms. The number of hydrogen-bond donors (Lipinski definition) is 2. The van der Waals surface area contributed by atoms with Crippen molar-refractivity contribution in [3.63, 3.8) is 0 Å². The van der Waals surface area contributed by atoms with Crippen molar-refractivity contribution >= 4 is 0 Å². The third kappa shape index (κ3) is 3.22. The maximum Gasteiger partial charge on any atom is -0.0398 e. The van der Waals surface area contributed by atoms with Crippen LogP contribution >= 0.6 is 0 Å². The van der Waals surface area contributed by atoms with E-state index in [4.69, 9.17) is 0 Å². The van der Waals surface area contributed by atoms with Gasteiger partial charge in [0.1, 0.15) is 0 Å². The first-order valence-electron chi connectivity index (χ1n) is 2.82. The summed E-state index contributed by atoms with van der Waals surface area (Å²) in [6, 6.07) is 8.48. The van der Waals surface area contributed by atoms with Crippen molar-refractivity contribution < 1.29 is 0 Å². The van der Waals surface area contributed by atoms with Gasteiger partial charge in [-0.05, 0) is 13.8 Å². The van der Waals surface area contributed by atoms with Crippen LogP contribution in [0.25, 0.3) is 0 Å². The van der Waals surface area contributed by atoms with Gasteiger partial charge in [0.15, 0.2) is 0 Å². The molecule has 0 fully saturated rings. The van der Waals surface area contributed by atoms with E-state index in [1.54, 1.807) is 0 Å². The summed E-state index contributed by atoms with van der Waals surface area (Å²) in [7, 11) is 0. The molecule has 0 bridgehead atoms. The molecule has 10 heavy (non-hydrogen) atoms. The average Bonchev–Trinajstić information content (AvgIpc) is 1.77. The Kier molecular flexibility index (Phi) is 5.90. The first-order valence-corrected chi connectivity index (χ1v) is 2.82. The van der Waals surface area contributed by atoms with Crippen molar-refractivity contribution in [2.75, 3.05) is 0 Å². The Labute approximate surface area is 62.4 Å². The molecule has 0 saturated carbocycles. The van der Waals surface area contributed by atoms with E-state index in [1.165, 1.54) is 11.1 Å². The standard InChI is InChI=1S/C8H10.2H3N/c1-7-3-5-8(2)6-4-7;;/h3-6H,1-2H3;2*1H3. The molecule has 1 aromatic rings. The Morgan fingerprint density at radius 3 is 1.10 bits per heavy atom. The summed E-state index contributed by atoms with van der Waals surface area (Å²) in [5, 5.41) is 0. The number of hydrogen-bond acceptors (Lipinski definition) is 2. The minimum Gasteiger partial charge on any atom is -0.344 e. The summed E-state index contributed by atoms with van der Waals surface area (Å²) in [5.74, 6) is 0. The van der Waals surface area contributed by atoms with Crippen LogP contribution in [0.4, 0.5) is 0 Å². The van der Waals surface area contributed by atoms with Crippen molar-refractivity contribution in [3.05, 3.63) is 35.4 Å². The molecule has 0 aromatic heterocycles. The largest absolute Gasteiger partial charge is 0.344 e. The molecular formula is C8H16N2. The predicted octanol–water partition coefficient (Wildman–Crippen LogP) is 2.63. The van der Waals surface area contributed by atoms with E-state index in [1.807, 2.05) is 0 Å². The van der Waals surface area contributed by atoms with Crippen LogP contribution in [0.5, 0.6) is 0 Å². The van der Waals surface area contributed by atoms with Crippen LogP contribution in [0.1, 0.15) is 11.1 Å². The monoisotopic (exact) mass is 140 g/mol. The Morgan fingerprint density at radius 2 is 0.900 bits per heavy atom. The molecular weight excluding hydrogens is 124 g/mol. The van der Waals surface area contributed by atoms with Crippen LogP contribution in [0.2, 0.25) is 0 Å². The molecule has 6 N–H and O–H groups in total. The molecule has 0 radical (unpaired) electrons. The molecule has 0 saturated heterocycles. The van der Waals surface area contributed by atoms with Gasteiger partial charge in [-0.25, -0.2) is 0 Å². The van der Waals surface area contributed by atoms with Crippen molar-refractivity contribution in [2.45, 2.75) is 13.8 Å². The van der Waals surface area contributed by atoms with Crippen molar-refractivity contribution in [2.24, 2.45) is 0 Å². The summed E-state index contributed by atoms with van der Waals surface area (Å²) < 4.78 is 0. The van der Waals surface area contributed by atoms with Crippen LogP contribution in [0.15, 0.2) is 24.3 Å². The normalized spacial score (nSPS) is 7.40. The lowest BCUT2D eigenvalue weighted by Gasteiger charge is -1.90. The summed E-state index contributed by atoms with van der Waals surface area (Å²) in [5.41, 5.74) is 2.66. The second-order valence-corrected chi connectivity index (χ2v) is 2.15. The van der Waals surface area contributed by atoms with E-state index in [9.17, 15) is 0 Å². The molecule has 0 heterocycles. The highest BCUT2D eigenvalue weighted by molar-refractivity contribution is 5.19. The van der Waals surface area contributed by atoms with Gasteiger partial charge >= 0.3 is 0 Å². The van der Waals surface area contributed by atoms with Gasteiger partial charge in [-0.2, -0.15) is 0 Å². The fraction of sp³-hybridized carbons (Fsp3) is 0.250. The van der Waals surface area contributed by atoms with Gasteiger partial charge in [0.25, 0.3) is 0 Å². The Balaban J connectivity index is 0. The highest BCUT2D eigenvalue weighted by Gasteiger charge is 1.79. The molecule has 0 aliphatic heterocycles. The summed E-state index contributed by atoms with van der Waals surface area (Å²) in [6.45, 7) is 4.19. The zero-order chi connectivity index (χ0) is 5.98. The van der Waals surface area contributed by atoms with Crippen molar-refractivity contribution in [3.8, 4) is 0 Å². The van der Waals surface area contributed by atoms with E-state index in [2.05, 4.69) is 38.1 Å². The molecule has 2 heteroatoms. The SMILES string of the molecule is Cc1ccc(C)cc1.N.N. The fourth-order valence-corrected chi connectivity index (χ4v) is 0.637. The van der Waals surface area contributed by atoms with Crippen LogP contribution < -0.4 is 12.3 Å². The minimum absolute atomic E-state index is 0. The summed E-state index contributed by atoms with van der Waals surface area (Å²) in [6.07, 6.45) is 0. The lowest BCUT2D eigenvalue weighted by Crippen LogP contribution is -1.70. The quantitative estimate of drug-likeness (QED) is 0.581. The van der Waals surface area contributed by atoms with Crippen molar-refractivity contribution in [1.29, 1.82) is 0 Å². The van der Waals surface area contributed by atoms with E-state index in [-0.39, 0.29) is 12.3 Å². The van der Waals surface area contributed by atoms with Gasteiger partial charge < -0.3 is 12.3 Å². The summed E-state index contributed by atoms with van der Waals surface area (Å²) >= 11 is 0. The lowest BCUT2D eigenvalue weighted by atomic mass is 10.2. The second kappa shape index (κ2) is 4.97. The van der Waals surface area contributed by atoms with E-state index in [0.29, 0.717) is 0 Å². The van der Waals surface area contributed by atoms with Gasteiger partial charge in [-0.15, -0.1) is 0 Å². The lowest BCUT2D eigenvalue weighted by molar-refractivity contribution is 1.40. The number of rotatable bonds is 0. The van der Waals surface area contributed by atoms with Gasteiger partial charge in [0.05, 0.1) is 0 Å². The first-order chi connectivity index (χ1) is 3.79. The van der Waals surface area contributed by atoms with Gasteiger partial charge in [-0.1, -0.05) is 35.4 Å². The summed E-state index contributed by atoms with van der Waals surface area (Å²) in [4.78, 5) is 0. The molecule has 1 rings (SSSR count). The molecule has 1 aromatic carbocycles. The van der Waals surface area contributed by atoms with Crippen LogP contribution in [-0.2, 0) is 0 Å². The van der Waals surface area contributed by atoms with Gasteiger partial charge in [0, 0.05) is 0 Å². The van der Waals surface area contributed by atoms with Crippen molar-refractivity contribution in [1.82, 2.24) is 12.3 Å². The highest BCUT2D eigenvalue weighted by Crippen LogP contribution is 1.99. The maximum atomic E-state index is 2.12. The zero-order valence-corrected chi connectivity index (χ0v) is 6.72. The molecule has 0 aliphatic carbocycles. The minimum atomic E-state index is 0. The first kappa shape index (κ1) is 11.9. The topological polar surface area (TPSA) is 70.0 Å². The van der Waals surface area contributed by atoms with Crippen LogP contribution in [0.3, 0.4) is 0 Å². The van der Waals surface area contributed by atoms with Crippen LogP contribution in [-0.4, -0.2) is 0 Å². The van der Waals surface area contributed by atoms with Gasteiger partial charge in [-0.3, -0.25) is 0 Å². The molecule has 0 unspecified atom stereocenters. The van der Waals surface area contributed by atoms with E-state index < -0.39 is 0 Å². The Hall–Kier alpha value is -0.860. The van der Waals surface area contributed by atoms with Crippen LogP contribution in [0, 0.1) is 13.8 Å². The smallest absolute Gasteiger partial charge is 0.0398 e. The molecule has 0 aliphatic rings. The number of aryl methyl sites for hydroxylation is 2. The fourth-order valence-electron chi connectivity index (χ4n) is 0.637. The number of benzene rings is 1. The highest BCUT2D eigenvalue weighted by atomic mass is 14.0. The average molecular weight is 140 g/mol. The predicted molar refractivity (Wildman–Crippen MR) is 46.0 cm³/mol. The van der Waals surface area contributed by atoms with Gasteiger partial charge in [0.2, 0.25) is 0 Å².